The molecule has 3 N–H and O–H groups in total. The first kappa shape index (κ1) is 10.6. The molecule has 1 aliphatic heterocycles. The summed E-state index contributed by atoms with van der Waals surface area (Å²) in [5.74, 6) is -0.822. The lowest BCUT2D eigenvalue weighted by Gasteiger charge is -2.02. The number of aliphatic carboxylic acids is 1. The Bertz CT molecular complexity index is 190. The summed E-state index contributed by atoms with van der Waals surface area (Å²) in [6.45, 7) is 4.11. The summed E-state index contributed by atoms with van der Waals surface area (Å²) < 4.78 is 0. The van der Waals surface area contributed by atoms with Crippen LogP contribution in [0.4, 0.5) is 0 Å². The molecule has 0 aromatic rings. The number of carboxylic acids is 1. The van der Waals surface area contributed by atoms with Crippen LogP contribution in [0.3, 0.4) is 0 Å². The van der Waals surface area contributed by atoms with Crippen LogP contribution in [0.15, 0.2) is 12.2 Å². The molecule has 1 fully saturated rings. The SMILES string of the molecule is C=C1CCN[C@@H]1C(=O)O.O=CO. The van der Waals surface area contributed by atoms with E-state index in [-0.39, 0.29) is 6.47 Å². The second-order valence-corrected chi connectivity index (χ2v) is 2.24. The zero-order chi connectivity index (χ0) is 9.56. The minimum atomic E-state index is -0.822. The van der Waals surface area contributed by atoms with Gasteiger partial charge in [-0.2, -0.15) is 0 Å². The van der Waals surface area contributed by atoms with Crippen molar-refractivity contribution in [3.05, 3.63) is 12.2 Å². The van der Waals surface area contributed by atoms with Crippen LogP contribution in [-0.2, 0) is 9.59 Å². The van der Waals surface area contributed by atoms with Crippen LogP contribution in [0, 0.1) is 0 Å². The van der Waals surface area contributed by atoms with Crippen molar-refractivity contribution in [2.45, 2.75) is 12.5 Å². The Hall–Kier alpha value is -1.36. The normalized spacial score (nSPS) is 21.0. The average molecular weight is 173 g/mol. The Morgan fingerprint density at radius 1 is 1.75 bits per heavy atom. The predicted molar refractivity (Wildman–Crippen MR) is 41.9 cm³/mol. The minimum absolute atomic E-state index is 0.250. The Balaban J connectivity index is 0.000000354. The summed E-state index contributed by atoms with van der Waals surface area (Å²) in [6, 6.07) is -0.495. The van der Waals surface area contributed by atoms with E-state index >= 15 is 0 Å². The average Bonchev–Trinajstić information content (AvgIpc) is 2.36. The van der Waals surface area contributed by atoms with Crippen molar-refractivity contribution in [2.24, 2.45) is 0 Å². The molecule has 0 aliphatic carbocycles. The van der Waals surface area contributed by atoms with E-state index in [1.54, 1.807) is 0 Å². The number of carboxylic acid groups (broad SMARTS) is 2. The van der Waals surface area contributed by atoms with Crippen molar-refractivity contribution in [1.29, 1.82) is 0 Å². The summed E-state index contributed by atoms with van der Waals surface area (Å²) in [4.78, 5) is 18.6. The maximum absolute atomic E-state index is 10.3. The van der Waals surface area contributed by atoms with Gasteiger partial charge in [-0.05, 0) is 12.0 Å². The molecular formula is C7H11NO4. The summed E-state index contributed by atoms with van der Waals surface area (Å²) in [7, 11) is 0. The highest BCUT2D eigenvalue weighted by molar-refractivity contribution is 5.77. The number of hydrogen-bond acceptors (Lipinski definition) is 3. The van der Waals surface area contributed by atoms with Gasteiger partial charge in [0.15, 0.2) is 0 Å². The summed E-state index contributed by atoms with van der Waals surface area (Å²) in [5.41, 5.74) is 0.780. The van der Waals surface area contributed by atoms with Crippen molar-refractivity contribution < 1.29 is 19.8 Å². The lowest BCUT2D eigenvalue weighted by molar-refractivity contribution is -0.138. The molecule has 5 nitrogen and oxygen atoms in total. The molecule has 1 heterocycles. The van der Waals surface area contributed by atoms with Crippen molar-refractivity contribution in [1.82, 2.24) is 5.32 Å². The zero-order valence-corrected chi connectivity index (χ0v) is 6.49. The maximum Gasteiger partial charge on any atom is 0.324 e. The molecule has 0 bridgehead atoms. The highest BCUT2D eigenvalue weighted by Gasteiger charge is 2.24. The number of hydrogen-bond donors (Lipinski definition) is 3. The predicted octanol–water partition coefficient (Wildman–Crippen LogP) is -0.310. The summed E-state index contributed by atoms with van der Waals surface area (Å²) in [5, 5.41) is 18.2. The first-order chi connectivity index (χ1) is 5.63. The van der Waals surface area contributed by atoms with Crippen LogP contribution < -0.4 is 5.32 Å². The number of carbonyl (C=O) groups is 2. The Labute approximate surface area is 69.7 Å². The number of nitrogens with one attached hydrogen (secondary N) is 1. The van der Waals surface area contributed by atoms with Crippen LogP contribution in [-0.4, -0.2) is 35.2 Å². The van der Waals surface area contributed by atoms with E-state index in [9.17, 15) is 4.79 Å². The third-order valence-corrected chi connectivity index (χ3v) is 1.45. The highest BCUT2D eigenvalue weighted by atomic mass is 16.4. The quantitative estimate of drug-likeness (QED) is 0.374. The molecule has 0 aromatic carbocycles. The molecule has 12 heavy (non-hydrogen) atoms. The van der Waals surface area contributed by atoms with E-state index in [0.29, 0.717) is 0 Å². The van der Waals surface area contributed by atoms with Crippen LogP contribution in [0.2, 0.25) is 0 Å². The van der Waals surface area contributed by atoms with Crippen LogP contribution in [0.1, 0.15) is 6.42 Å². The van der Waals surface area contributed by atoms with Crippen LogP contribution >= 0.6 is 0 Å². The Morgan fingerprint density at radius 3 is 2.42 bits per heavy atom. The third kappa shape index (κ3) is 3.16. The molecule has 0 amide bonds. The van der Waals surface area contributed by atoms with Crippen molar-refractivity contribution in [3.8, 4) is 0 Å². The van der Waals surface area contributed by atoms with Crippen molar-refractivity contribution in [3.63, 3.8) is 0 Å². The molecule has 1 rings (SSSR count). The zero-order valence-electron chi connectivity index (χ0n) is 6.49. The number of rotatable bonds is 1. The Morgan fingerprint density at radius 2 is 2.25 bits per heavy atom. The van der Waals surface area contributed by atoms with E-state index in [1.807, 2.05) is 0 Å². The van der Waals surface area contributed by atoms with Gasteiger partial charge in [-0.15, -0.1) is 0 Å². The van der Waals surface area contributed by atoms with Gasteiger partial charge in [0, 0.05) is 6.54 Å². The third-order valence-electron chi connectivity index (χ3n) is 1.45. The van der Waals surface area contributed by atoms with Gasteiger partial charge in [0.05, 0.1) is 0 Å². The van der Waals surface area contributed by atoms with Gasteiger partial charge in [-0.1, -0.05) is 6.58 Å². The van der Waals surface area contributed by atoms with E-state index in [0.717, 1.165) is 18.5 Å². The highest BCUT2D eigenvalue weighted by Crippen LogP contribution is 2.10. The van der Waals surface area contributed by atoms with E-state index < -0.39 is 12.0 Å². The fourth-order valence-corrected chi connectivity index (χ4v) is 0.928. The van der Waals surface area contributed by atoms with Gasteiger partial charge in [0.25, 0.3) is 6.47 Å². The van der Waals surface area contributed by atoms with Gasteiger partial charge in [0.1, 0.15) is 6.04 Å². The molecule has 5 heteroatoms. The van der Waals surface area contributed by atoms with Gasteiger partial charge in [-0.3, -0.25) is 9.59 Å². The lowest BCUT2D eigenvalue weighted by Crippen LogP contribution is -2.31. The van der Waals surface area contributed by atoms with Crippen LogP contribution in [0.5, 0.6) is 0 Å². The molecule has 1 aliphatic rings. The largest absolute Gasteiger partial charge is 0.483 e. The minimum Gasteiger partial charge on any atom is -0.483 e. The van der Waals surface area contributed by atoms with Crippen molar-refractivity contribution in [2.75, 3.05) is 6.54 Å². The first-order valence-electron chi connectivity index (χ1n) is 3.35. The fourth-order valence-electron chi connectivity index (χ4n) is 0.928. The molecule has 1 atom stereocenters. The molecule has 1 saturated heterocycles. The molecule has 0 saturated carbocycles. The van der Waals surface area contributed by atoms with Gasteiger partial charge >= 0.3 is 5.97 Å². The topological polar surface area (TPSA) is 86.6 Å². The second-order valence-electron chi connectivity index (χ2n) is 2.24. The Kier molecular flexibility index (Phi) is 4.71. The molecule has 68 valence electrons. The molecule has 0 spiro atoms. The summed E-state index contributed by atoms with van der Waals surface area (Å²) >= 11 is 0. The standard InChI is InChI=1S/C6H9NO2.CH2O2/c1-4-2-3-7-5(4)6(8)9;2-1-3/h5,7H,1-3H2,(H,8,9);1H,(H,2,3)/t5-;/m0./s1. The van der Waals surface area contributed by atoms with E-state index in [4.69, 9.17) is 15.0 Å². The van der Waals surface area contributed by atoms with E-state index in [1.165, 1.54) is 0 Å². The van der Waals surface area contributed by atoms with Crippen molar-refractivity contribution >= 4 is 12.4 Å². The monoisotopic (exact) mass is 173 g/mol. The van der Waals surface area contributed by atoms with Crippen LogP contribution in [0.25, 0.3) is 0 Å². The molecule has 0 aromatic heterocycles. The maximum atomic E-state index is 10.3. The second kappa shape index (κ2) is 5.31. The molecule has 0 unspecified atom stereocenters. The first-order valence-corrected chi connectivity index (χ1v) is 3.35. The van der Waals surface area contributed by atoms with Gasteiger partial charge < -0.3 is 15.5 Å². The lowest BCUT2D eigenvalue weighted by atomic mass is 10.1. The smallest absolute Gasteiger partial charge is 0.324 e. The van der Waals surface area contributed by atoms with Gasteiger partial charge in [0.2, 0.25) is 0 Å². The van der Waals surface area contributed by atoms with Gasteiger partial charge in [-0.25, -0.2) is 0 Å². The summed E-state index contributed by atoms with van der Waals surface area (Å²) in [6.07, 6.45) is 0.789. The molecule has 0 radical (unpaired) electrons. The fraction of sp³-hybridized carbons (Fsp3) is 0.429. The van der Waals surface area contributed by atoms with E-state index in [2.05, 4.69) is 11.9 Å². The molecular weight excluding hydrogens is 162 g/mol.